The van der Waals surface area contributed by atoms with Gasteiger partial charge in [0.1, 0.15) is 6.10 Å². The van der Waals surface area contributed by atoms with Crippen molar-refractivity contribution in [3.63, 3.8) is 0 Å². The molecule has 0 radical (unpaired) electrons. The lowest BCUT2D eigenvalue weighted by atomic mass is 9.78. The average Bonchev–Trinajstić information content (AvgIpc) is 3.40. The number of alkyl halides is 2. The van der Waals surface area contributed by atoms with Gasteiger partial charge in [-0.15, -0.1) is 0 Å². The van der Waals surface area contributed by atoms with E-state index in [-0.39, 0.29) is 12.3 Å². The average molecular weight is 578 g/mol. The highest BCUT2D eigenvalue weighted by molar-refractivity contribution is 7.86. The van der Waals surface area contributed by atoms with Crippen LogP contribution in [0.15, 0.2) is 0 Å². The van der Waals surface area contributed by atoms with Gasteiger partial charge in [0.05, 0.1) is 23.8 Å². The monoisotopic (exact) mass is 577 g/mol. The number of hydrogen-bond donors (Lipinski definition) is 1. The Morgan fingerprint density at radius 3 is 2.10 bits per heavy atom. The summed E-state index contributed by atoms with van der Waals surface area (Å²) in [5.41, 5.74) is -0.965. The van der Waals surface area contributed by atoms with Gasteiger partial charge in [-0.1, -0.05) is 52.9 Å². The topological polar surface area (TPSA) is 144 Å². The lowest BCUT2D eigenvalue weighted by Gasteiger charge is -2.36. The van der Waals surface area contributed by atoms with Crippen molar-refractivity contribution in [3.05, 3.63) is 0 Å². The molecule has 1 heterocycles. The third-order valence-corrected chi connectivity index (χ3v) is 9.82. The second-order valence-electron chi connectivity index (χ2n) is 12.4. The van der Waals surface area contributed by atoms with Crippen molar-refractivity contribution >= 4 is 33.9 Å². The van der Waals surface area contributed by atoms with Crippen molar-refractivity contribution in [3.8, 4) is 0 Å². The first-order valence-electron chi connectivity index (χ1n) is 13.6. The Bertz CT molecular complexity index is 1130. The molecule has 10 nitrogen and oxygen atoms in total. The van der Waals surface area contributed by atoms with E-state index in [9.17, 15) is 36.4 Å². The van der Waals surface area contributed by atoms with Gasteiger partial charge in [-0.05, 0) is 32.1 Å². The molecule has 3 aliphatic carbocycles. The summed E-state index contributed by atoms with van der Waals surface area (Å²) in [6.45, 7) is 5.53. The van der Waals surface area contributed by atoms with E-state index >= 15 is 0 Å². The van der Waals surface area contributed by atoms with Crippen LogP contribution in [0.3, 0.4) is 0 Å². The van der Waals surface area contributed by atoms with Gasteiger partial charge in [0.15, 0.2) is 6.10 Å². The molecular weight excluding hydrogens is 540 g/mol. The fourth-order valence-electron chi connectivity index (χ4n) is 6.84. The molecule has 4 fully saturated rings. The molecule has 0 aromatic carbocycles. The Balaban J connectivity index is 1.63. The molecule has 7 unspecified atom stereocenters. The third-order valence-electron chi connectivity index (χ3n) is 8.81. The van der Waals surface area contributed by atoms with Crippen LogP contribution in [0.5, 0.6) is 0 Å². The minimum absolute atomic E-state index is 0.237. The molecule has 2 amide bonds. The van der Waals surface area contributed by atoms with Gasteiger partial charge >= 0.3 is 27.3 Å². The minimum atomic E-state index is -5.88. The molecule has 1 N–H and O–H groups in total. The van der Waals surface area contributed by atoms with Crippen molar-refractivity contribution in [1.82, 2.24) is 4.90 Å². The van der Waals surface area contributed by atoms with Gasteiger partial charge in [0, 0.05) is 11.3 Å². The van der Waals surface area contributed by atoms with Crippen LogP contribution in [0.25, 0.3) is 0 Å². The van der Waals surface area contributed by atoms with Gasteiger partial charge < -0.3 is 9.47 Å². The number of carbonyl (C=O) groups is 4. The Labute approximate surface area is 226 Å². The number of fused-ring (bicyclic) bond motifs is 1. The van der Waals surface area contributed by atoms with Crippen molar-refractivity contribution in [2.75, 3.05) is 0 Å². The number of nitrogens with zero attached hydrogens (tertiary/aromatic N) is 1. The van der Waals surface area contributed by atoms with Gasteiger partial charge in [0.25, 0.3) is 0 Å². The van der Waals surface area contributed by atoms with Gasteiger partial charge in [-0.25, -0.2) is 0 Å². The van der Waals surface area contributed by atoms with Crippen molar-refractivity contribution in [2.45, 2.75) is 103 Å². The predicted molar refractivity (Wildman–Crippen MR) is 131 cm³/mol. The van der Waals surface area contributed by atoms with E-state index in [4.69, 9.17) is 14.0 Å². The van der Waals surface area contributed by atoms with E-state index in [0.717, 1.165) is 37.0 Å². The van der Waals surface area contributed by atoms with Crippen LogP contribution in [0, 0.1) is 35.0 Å². The van der Waals surface area contributed by atoms with E-state index in [0.29, 0.717) is 19.8 Å². The van der Waals surface area contributed by atoms with Gasteiger partial charge in [-0.2, -0.15) is 17.2 Å². The Hall–Kier alpha value is -2.15. The minimum Gasteiger partial charge on any atom is -0.460 e. The van der Waals surface area contributed by atoms with Crippen LogP contribution in [-0.2, 0) is 38.8 Å². The second-order valence-corrected chi connectivity index (χ2v) is 13.9. The molecule has 0 aromatic rings. The van der Waals surface area contributed by atoms with E-state index < -0.39 is 86.5 Å². The fourth-order valence-corrected chi connectivity index (χ4v) is 7.31. The summed E-state index contributed by atoms with van der Waals surface area (Å²) in [5.74, 6) is -6.93. The van der Waals surface area contributed by atoms with Crippen molar-refractivity contribution < 1.29 is 50.4 Å². The SMILES string of the molecule is CC(OC(=O)C1C2CC3C1C(=O)N(C(=O)C(C)(C)C)C3C2OC(=O)C1CCCCCCC1)C(F)(F)S(=O)(=O)O. The summed E-state index contributed by atoms with van der Waals surface area (Å²) in [5, 5.41) is -4.78. The number of likely N-dealkylation sites (tertiary alicyclic amines) is 1. The number of imide groups is 1. The third kappa shape index (κ3) is 5.20. The summed E-state index contributed by atoms with van der Waals surface area (Å²) >= 11 is 0. The zero-order valence-corrected chi connectivity index (χ0v) is 23.4. The van der Waals surface area contributed by atoms with Crippen LogP contribution >= 0.6 is 0 Å². The van der Waals surface area contributed by atoms with Crippen molar-refractivity contribution in [2.24, 2.45) is 35.0 Å². The highest BCUT2D eigenvalue weighted by atomic mass is 32.2. The number of esters is 2. The molecule has 220 valence electrons. The summed E-state index contributed by atoms with van der Waals surface area (Å²) in [4.78, 5) is 54.5. The summed E-state index contributed by atoms with van der Waals surface area (Å²) in [6, 6.07) is -0.780. The lowest BCUT2D eigenvalue weighted by molar-refractivity contribution is -0.175. The molecule has 13 heteroatoms. The molecule has 3 saturated carbocycles. The smallest absolute Gasteiger partial charge is 0.405 e. The van der Waals surface area contributed by atoms with Crippen molar-refractivity contribution in [1.29, 1.82) is 0 Å². The molecule has 0 spiro atoms. The van der Waals surface area contributed by atoms with Crippen LogP contribution in [0.2, 0.25) is 0 Å². The molecule has 1 saturated heterocycles. The normalized spacial score (nSPS) is 32.5. The molecule has 39 heavy (non-hydrogen) atoms. The van der Waals surface area contributed by atoms with Gasteiger partial charge in [-0.3, -0.25) is 28.6 Å². The summed E-state index contributed by atoms with van der Waals surface area (Å²) in [6.07, 6.45) is 2.80. The first-order chi connectivity index (χ1) is 18.0. The Morgan fingerprint density at radius 1 is 1.00 bits per heavy atom. The molecule has 7 atom stereocenters. The Morgan fingerprint density at radius 2 is 1.56 bits per heavy atom. The molecule has 2 bridgehead atoms. The number of ether oxygens (including phenoxy) is 2. The highest BCUT2D eigenvalue weighted by Gasteiger charge is 2.72. The maximum atomic E-state index is 14.1. The van der Waals surface area contributed by atoms with Gasteiger partial charge in [0.2, 0.25) is 11.8 Å². The van der Waals surface area contributed by atoms with E-state index in [1.54, 1.807) is 20.8 Å². The first kappa shape index (κ1) is 29.8. The van der Waals surface area contributed by atoms with Crippen LogP contribution in [0.1, 0.15) is 79.1 Å². The quantitative estimate of drug-likeness (QED) is 0.371. The summed E-state index contributed by atoms with van der Waals surface area (Å²) < 4.78 is 70.3. The molecule has 0 aromatic heterocycles. The maximum Gasteiger partial charge on any atom is 0.405 e. The molecule has 4 rings (SSSR count). The number of halogens is 2. The Kier molecular flexibility index (Phi) is 7.92. The van der Waals surface area contributed by atoms with E-state index in [2.05, 4.69) is 0 Å². The first-order valence-corrected chi connectivity index (χ1v) is 15.1. The second kappa shape index (κ2) is 10.4. The van der Waals surface area contributed by atoms with Crippen LogP contribution in [0.4, 0.5) is 8.78 Å². The number of amides is 2. The maximum absolute atomic E-state index is 14.1. The molecule has 1 aliphatic heterocycles. The van der Waals surface area contributed by atoms with E-state index in [1.807, 2.05) is 0 Å². The summed E-state index contributed by atoms with van der Waals surface area (Å²) in [7, 11) is -5.88. The molecule has 4 aliphatic rings. The lowest BCUT2D eigenvalue weighted by Crippen LogP contribution is -2.51. The van der Waals surface area contributed by atoms with Crippen LogP contribution in [-0.4, -0.2) is 65.1 Å². The van der Waals surface area contributed by atoms with E-state index in [1.165, 1.54) is 0 Å². The fraction of sp³-hybridized carbons (Fsp3) is 0.846. The number of carbonyl (C=O) groups excluding carboxylic acids is 4. The molecular formula is C26H37F2NO9S. The number of rotatable bonds is 6. The largest absolute Gasteiger partial charge is 0.460 e. The zero-order valence-electron chi connectivity index (χ0n) is 22.6. The highest BCUT2D eigenvalue weighted by Crippen LogP contribution is 2.60. The number of hydrogen-bond acceptors (Lipinski definition) is 8. The zero-order chi connectivity index (χ0) is 29.1. The predicted octanol–water partition coefficient (Wildman–Crippen LogP) is 3.34. The van der Waals surface area contributed by atoms with Crippen LogP contribution < -0.4 is 0 Å². The standard InChI is InChI=1S/C26H37F2NO9S/c1-13(26(27,28)39(34,35)36)37-23(32)18-16-12-15-17(18)21(30)29(24(33)25(2,3)4)19(15)20(16)38-22(31)14-10-8-6-5-7-9-11-14/h13-20H,5-12H2,1-4H3,(H,34,35,36).